The van der Waals surface area contributed by atoms with E-state index < -0.39 is 5.41 Å². The van der Waals surface area contributed by atoms with Crippen molar-refractivity contribution < 1.29 is 0 Å². The van der Waals surface area contributed by atoms with Crippen molar-refractivity contribution >= 4 is 70.4 Å². The predicted molar refractivity (Wildman–Crippen MR) is 272 cm³/mol. The second-order valence-corrected chi connectivity index (χ2v) is 17.6. The van der Waals surface area contributed by atoms with Gasteiger partial charge in [0, 0.05) is 53.7 Å². The van der Waals surface area contributed by atoms with Gasteiger partial charge in [-0.15, -0.1) is 11.3 Å². The lowest BCUT2D eigenvalue weighted by Gasteiger charge is -2.37. The number of nitrogens with zero attached hydrogens (tertiary/aromatic N) is 2. The molecule has 0 spiro atoms. The lowest BCUT2D eigenvalue weighted by atomic mass is 9.65. The van der Waals surface area contributed by atoms with Gasteiger partial charge in [0.25, 0.3) is 0 Å². The molecule has 2 aromatic heterocycles. The van der Waals surface area contributed by atoms with E-state index in [1.165, 1.54) is 64.2 Å². The molecule has 0 aliphatic rings. The molecule has 10 aromatic carbocycles. The largest absolute Gasteiger partial charge is 0.310 e. The van der Waals surface area contributed by atoms with Crippen LogP contribution in [-0.4, -0.2) is 4.57 Å². The highest BCUT2D eigenvalue weighted by atomic mass is 32.1. The van der Waals surface area contributed by atoms with Gasteiger partial charge in [-0.25, -0.2) is 0 Å². The zero-order valence-electron chi connectivity index (χ0n) is 35.1. The van der Waals surface area contributed by atoms with Crippen LogP contribution in [-0.2, 0) is 5.41 Å². The quantitative estimate of drug-likeness (QED) is 0.132. The van der Waals surface area contributed by atoms with Gasteiger partial charge >= 0.3 is 0 Å². The van der Waals surface area contributed by atoms with Gasteiger partial charge in [-0.05, 0) is 94.0 Å². The van der Waals surface area contributed by atoms with Crippen LogP contribution in [0.25, 0.3) is 58.8 Å². The van der Waals surface area contributed by atoms with E-state index in [0.29, 0.717) is 0 Å². The summed E-state index contributed by atoms with van der Waals surface area (Å²) in [7, 11) is 0. The van der Waals surface area contributed by atoms with Crippen LogP contribution < -0.4 is 4.90 Å². The Hall–Kier alpha value is -7.98. The molecule has 0 saturated carbocycles. The highest BCUT2D eigenvalue weighted by Crippen LogP contribution is 2.47. The Balaban J connectivity index is 1.02. The SMILES string of the molecule is c1ccc(-n2c3ccccc3c3ccc(N(c4cccc(-c5ccc(C(c6ccccc6)(c6ccccc6)c6ccccc6)cc5)c4)c4ccc5c(c4)sc4ccccc45)cc32)cc1. The predicted octanol–water partition coefficient (Wildman–Crippen LogP) is 16.7. The third-order valence-electron chi connectivity index (χ3n) is 12.9. The van der Waals surface area contributed by atoms with Gasteiger partial charge in [-0.3, -0.25) is 0 Å². The van der Waals surface area contributed by atoms with E-state index in [4.69, 9.17) is 0 Å². The normalized spacial score (nSPS) is 11.8. The fourth-order valence-electron chi connectivity index (χ4n) is 10.1. The summed E-state index contributed by atoms with van der Waals surface area (Å²) in [6.45, 7) is 0. The molecule has 12 aromatic rings. The molecule has 3 heteroatoms. The van der Waals surface area contributed by atoms with Crippen molar-refractivity contribution in [1.82, 2.24) is 4.57 Å². The van der Waals surface area contributed by atoms with Gasteiger partial charge in [0.15, 0.2) is 0 Å². The summed E-state index contributed by atoms with van der Waals surface area (Å²) in [5, 5.41) is 5.06. The number of benzene rings is 10. The second kappa shape index (κ2) is 15.7. The summed E-state index contributed by atoms with van der Waals surface area (Å²) in [5.74, 6) is 0. The van der Waals surface area contributed by atoms with Gasteiger partial charge < -0.3 is 9.47 Å². The fraction of sp³-hybridized carbons (Fsp3) is 0.0164. The van der Waals surface area contributed by atoms with Crippen LogP contribution in [0.2, 0.25) is 0 Å². The van der Waals surface area contributed by atoms with Crippen molar-refractivity contribution in [2.75, 3.05) is 4.90 Å². The van der Waals surface area contributed by atoms with E-state index in [1.54, 1.807) is 0 Å². The molecule has 12 rings (SSSR count). The van der Waals surface area contributed by atoms with Crippen molar-refractivity contribution in [3.63, 3.8) is 0 Å². The van der Waals surface area contributed by atoms with E-state index in [2.05, 4.69) is 264 Å². The lowest BCUT2D eigenvalue weighted by molar-refractivity contribution is 0.745. The monoisotopic (exact) mass is 834 g/mol. The molecule has 0 saturated heterocycles. The molecule has 0 radical (unpaired) electrons. The Morgan fingerprint density at radius 1 is 0.312 bits per heavy atom. The topological polar surface area (TPSA) is 8.17 Å². The first-order valence-electron chi connectivity index (χ1n) is 21.9. The Morgan fingerprint density at radius 2 is 0.812 bits per heavy atom. The molecule has 302 valence electrons. The molecule has 2 nitrogen and oxygen atoms in total. The maximum absolute atomic E-state index is 2.43. The molecule has 2 heterocycles. The average molecular weight is 835 g/mol. The van der Waals surface area contributed by atoms with Gasteiger partial charge in [0.2, 0.25) is 0 Å². The van der Waals surface area contributed by atoms with E-state index >= 15 is 0 Å². The highest BCUT2D eigenvalue weighted by Gasteiger charge is 2.38. The van der Waals surface area contributed by atoms with Crippen molar-refractivity contribution in [1.29, 1.82) is 0 Å². The summed E-state index contributed by atoms with van der Waals surface area (Å²) in [6.07, 6.45) is 0. The average Bonchev–Trinajstić information content (AvgIpc) is 3.91. The fourth-order valence-corrected chi connectivity index (χ4v) is 11.2. The van der Waals surface area contributed by atoms with Gasteiger partial charge in [0.05, 0.1) is 16.4 Å². The van der Waals surface area contributed by atoms with E-state index in [9.17, 15) is 0 Å². The maximum atomic E-state index is 2.43. The first-order chi connectivity index (χ1) is 31.7. The smallest absolute Gasteiger partial charge is 0.0701 e. The number of para-hydroxylation sites is 2. The lowest BCUT2D eigenvalue weighted by Crippen LogP contribution is -2.30. The first-order valence-corrected chi connectivity index (χ1v) is 22.7. The van der Waals surface area contributed by atoms with Crippen LogP contribution in [0.5, 0.6) is 0 Å². The molecule has 0 unspecified atom stereocenters. The van der Waals surface area contributed by atoms with Crippen LogP contribution >= 0.6 is 11.3 Å². The van der Waals surface area contributed by atoms with E-state index in [-0.39, 0.29) is 0 Å². The van der Waals surface area contributed by atoms with Crippen LogP contribution in [0.3, 0.4) is 0 Å². The molecule has 0 fully saturated rings. The number of aromatic nitrogens is 1. The number of hydrogen-bond donors (Lipinski definition) is 0. The molecular weight excluding hydrogens is 793 g/mol. The zero-order chi connectivity index (χ0) is 42.5. The first kappa shape index (κ1) is 37.8. The molecular formula is C61H42N2S. The molecule has 0 amide bonds. The third-order valence-corrected chi connectivity index (χ3v) is 14.1. The van der Waals surface area contributed by atoms with Crippen molar-refractivity contribution in [3.05, 3.63) is 277 Å². The molecule has 0 N–H and O–H groups in total. The number of anilines is 3. The van der Waals surface area contributed by atoms with Gasteiger partial charge in [0.1, 0.15) is 0 Å². The summed E-state index contributed by atoms with van der Waals surface area (Å²) in [5.41, 5.74) is 13.5. The summed E-state index contributed by atoms with van der Waals surface area (Å²) >= 11 is 1.86. The minimum Gasteiger partial charge on any atom is -0.310 e. The minimum absolute atomic E-state index is 0.507. The van der Waals surface area contributed by atoms with Gasteiger partial charge in [-0.2, -0.15) is 0 Å². The van der Waals surface area contributed by atoms with Crippen LogP contribution in [0.1, 0.15) is 22.3 Å². The molecule has 0 aliphatic carbocycles. The minimum atomic E-state index is -0.507. The second-order valence-electron chi connectivity index (χ2n) is 16.5. The van der Waals surface area contributed by atoms with Crippen molar-refractivity contribution in [3.8, 4) is 16.8 Å². The standard InChI is InChI=1S/C61H42N2S/c1-5-19-45(20-6-1)61(46-21-7-2-8-22-46,47-23-9-3-10-24-47)48-34-32-43(33-35-48)44-18-17-27-50(40-44)62(52-37-39-56-55-29-14-16-31-59(55)64-60(56)42-52)51-36-38-54-53-28-13-15-30-57(53)63(58(54)41-51)49-25-11-4-12-26-49/h1-42H. The highest BCUT2D eigenvalue weighted by molar-refractivity contribution is 7.25. The van der Waals surface area contributed by atoms with E-state index in [1.807, 2.05) is 11.3 Å². The Kier molecular flexibility index (Phi) is 9.28. The number of fused-ring (bicyclic) bond motifs is 6. The van der Waals surface area contributed by atoms with E-state index in [0.717, 1.165) is 33.9 Å². The van der Waals surface area contributed by atoms with Gasteiger partial charge in [-0.1, -0.05) is 194 Å². The molecule has 0 aliphatic heterocycles. The molecule has 0 atom stereocenters. The zero-order valence-corrected chi connectivity index (χ0v) is 35.9. The van der Waals surface area contributed by atoms with Crippen LogP contribution in [0, 0.1) is 0 Å². The molecule has 64 heavy (non-hydrogen) atoms. The number of rotatable bonds is 9. The summed E-state index contributed by atoms with van der Waals surface area (Å²) in [6, 6.07) is 93.2. The molecule has 0 bridgehead atoms. The number of hydrogen-bond acceptors (Lipinski definition) is 2. The van der Waals surface area contributed by atoms with Crippen molar-refractivity contribution in [2.45, 2.75) is 5.41 Å². The Labute approximate surface area is 377 Å². The van der Waals surface area contributed by atoms with Crippen LogP contribution in [0.15, 0.2) is 255 Å². The summed E-state index contributed by atoms with van der Waals surface area (Å²) in [4.78, 5) is 2.43. The maximum Gasteiger partial charge on any atom is 0.0701 e. The summed E-state index contributed by atoms with van der Waals surface area (Å²) < 4.78 is 4.98. The van der Waals surface area contributed by atoms with Crippen molar-refractivity contribution in [2.24, 2.45) is 0 Å². The Bertz CT molecular complexity index is 3500. The van der Waals surface area contributed by atoms with Crippen LogP contribution in [0.4, 0.5) is 17.1 Å². The third kappa shape index (κ3) is 6.24. The number of thiophene rings is 1. The Morgan fingerprint density at radius 3 is 1.48 bits per heavy atom.